The van der Waals surface area contributed by atoms with Gasteiger partial charge in [-0.25, -0.2) is 4.98 Å². The SMILES string of the molecule is CC.Cc1cnc2c(c1)N=CCN2. The molecule has 1 aliphatic heterocycles. The molecule has 0 saturated carbocycles. The van der Waals surface area contributed by atoms with E-state index in [0.717, 1.165) is 23.6 Å². The molecule has 0 saturated heterocycles. The highest BCUT2D eigenvalue weighted by molar-refractivity contribution is 5.78. The maximum absolute atomic E-state index is 4.20. The molecular weight excluding hydrogens is 162 g/mol. The molecule has 0 unspecified atom stereocenters. The highest BCUT2D eigenvalue weighted by Crippen LogP contribution is 2.24. The largest absolute Gasteiger partial charge is 0.363 e. The van der Waals surface area contributed by atoms with Crippen LogP contribution in [0.15, 0.2) is 17.3 Å². The minimum absolute atomic E-state index is 0.781. The molecule has 0 radical (unpaired) electrons. The van der Waals surface area contributed by atoms with Crippen molar-refractivity contribution < 1.29 is 0 Å². The van der Waals surface area contributed by atoms with Crippen molar-refractivity contribution in [2.75, 3.05) is 11.9 Å². The quantitative estimate of drug-likeness (QED) is 0.661. The molecule has 0 atom stereocenters. The number of aryl methyl sites for hydroxylation is 1. The van der Waals surface area contributed by atoms with E-state index in [1.165, 1.54) is 0 Å². The number of rotatable bonds is 0. The lowest BCUT2D eigenvalue weighted by Gasteiger charge is -2.10. The average Bonchev–Trinajstić information content (AvgIpc) is 2.21. The summed E-state index contributed by atoms with van der Waals surface area (Å²) in [6.45, 7) is 6.79. The molecule has 0 bridgehead atoms. The van der Waals surface area contributed by atoms with Crippen LogP contribution in [0, 0.1) is 6.92 Å². The molecule has 0 aromatic carbocycles. The highest BCUT2D eigenvalue weighted by Gasteiger charge is 2.04. The van der Waals surface area contributed by atoms with Gasteiger partial charge in [-0.15, -0.1) is 0 Å². The maximum Gasteiger partial charge on any atom is 0.152 e. The first-order chi connectivity index (χ1) is 6.36. The predicted octanol–water partition coefficient (Wildman–Crippen LogP) is 2.54. The molecule has 1 aromatic rings. The Balaban J connectivity index is 0.000000396. The summed E-state index contributed by atoms with van der Waals surface area (Å²) in [5.41, 5.74) is 2.08. The highest BCUT2D eigenvalue weighted by atomic mass is 15.0. The molecule has 0 spiro atoms. The van der Waals surface area contributed by atoms with Crippen molar-refractivity contribution in [3.63, 3.8) is 0 Å². The Morgan fingerprint density at radius 1 is 1.38 bits per heavy atom. The van der Waals surface area contributed by atoms with E-state index in [4.69, 9.17) is 0 Å². The van der Waals surface area contributed by atoms with Crippen LogP contribution in [0.4, 0.5) is 11.5 Å². The minimum atomic E-state index is 0.781. The zero-order chi connectivity index (χ0) is 9.68. The van der Waals surface area contributed by atoms with E-state index < -0.39 is 0 Å². The van der Waals surface area contributed by atoms with Gasteiger partial charge in [-0.1, -0.05) is 13.8 Å². The third-order valence-electron chi connectivity index (χ3n) is 1.60. The Morgan fingerprint density at radius 3 is 2.92 bits per heavy atom. The van der Waals surface area contributed by atoms with Gasteiger partial charge in [-0.05, 0) is 18.6 Å². The molecule has 1 aliphatic rings. The predicted molar refractivity (Wildman–Crippen MR) is 57.0 cm³/mol. The van der Waals surface area contributed by atoms with Gasteiger partial charge in [-0.3, -0.25) is 4.99 Å². The fraction of sp³-hybridized carbons (Fsp3) is 0.400. The summed E-state index contributed by atoms with van der Waals surface area (Å²) < 4.78 is 0. The second-order valence-corrected chi connectivity index (χ2v) is 2.57. The lowest BCUT2D eigenvalue weighted by atomic mass is 10.2. The van der Waals surface area contributed by atoms with Crippen molar-refractivity contribution in [3.05, 3.63) is 17.8 Å². The van der Waals surface area contributed by atoms with Crippen molar-refractivity contribution >= 4 is 17.7 Å². The number of hydrogen-bond donors (Lipinski definition) is 1. The summed E-state index contributed by atoms with van der Waals surface area (Å²) in [5.74, 6) is 0.887. The Bertz CT molecular complexity index is 305. The summed E-state index contributed by atoms with van der Waals surface area (Å²) >= 11 is 0. The van der Waals surface area contributed by atoms with E-state index in [1.807, 2.05) is 39.2 Å². The zero-order valence-corrected chi connectivity index (χ0v) is 8.33. The van der Waals surface area contributed by atoms with Crippen LogP contribution >= 0.6 is 0 Å². The van der Waals surface area contributed by atoms with Crippen LogP contribution in [-0.2, 0) is 0 Å². The molecule has 1 aromatic heterocycles. The van der Waals surface area contributed by atoms with Crippen LogP contribution < -0.4 is 5.32 Å². The van der Waals surface area contributed by atoms with Crippen LogP contribution in [0.5, 0.6) is 0 Å². The van der Waals surface area contributed by atoms with Crippen molar-refractivity contribution in [3.8, 4) is 0 Å². The lowest BCUT2D eigenvalue weighted by molar-refractivity contribution is 1.19. The maximum atomic E-state index is 4.20. The van der Waals surface area contributed by atoms with Crippen molar-refractivity contribution in [2.24, 2.45) is 4.99 Å². The van der Waals surface area contributed by atoms with Gasteiger partial charge < -0.3 is 5.32 Å². The summed E-state index contributed by atoms with van der Waals surface area (Å²) in [4.78, 5) is 8.40. The van der Waals surface area contributed by atoms with Crippen molar-refractivity contribution in [1.82, 2.24) is 4.98 Å². The number of nitrogens with one attached hydrogen (secondary N) is 1. The number of aromatic nitrogens is 1. The summed E-state index contributed by atoms with van der Waals surface area (Å²) in [6, 6.07) is 2.02. The number of nitrogens with zero attached hydrogens (tertiary/aromatic N) is 2. The van der Waals surface area contributed by atoms with Crippen LogP contribution in [0.2, 0.25) is 0 Å². The molecule has 13 heavy (non-hydrogen) atoms. The molecule has 2 heterocycles. The number of aliphatic imine (C=N–C) groups is 1. The van der Waals surface area contributed by atoms with E-state index in [2.05, 4.69) is 15.3 Å². The van der Waals surface area contributed by atoms with Crippen LogP contribution in [0.3, 0.4) is 0 Å². The van der Waals surface area contributed by atoms with Crippen LogP contribution in [0.25, 0.3) is 0 Å². The van der Waals surface area contributed by atoms with E-state index >= 15 is 0 Å². The van der Waals surface area contributed by atoms with E-state index in [-0.39, 0.29) is 0 Å². The van der Waals surface area contributed by atoms with Crippen LogP contribution in [-0.4, -0.2) is 17.7 Å². The standard InChI is InChI=1S/C8H9N3.C2H6/c1-6-4-7-8(11-5-6)10-3-2-9-7;1-2/h2,4-5H,3H2,1H3,(H,10,11);1-2H3. The third kappa shape index (κ3) is 2.28. The number of fused-ring (bicyclic) bond motifs is 1. The van der Waals surface area contributed by atoms with Gasteiger partial charge in [0, 0.05) is 12.4 Å². The average molecular weight is 177 g/mol. The van der Waals surface area contributed by atoms with Crippen molar-refractivity contribution in [2.45, 2.75) is 20.8 Å². The molecule has 1 N–H and O–H groups in total. The fourth-order valence-electron chi connectivity index (χ4n) is 1.07. The fourth-order valence-corrected chi connectivity index (χ4v) is 1.07. The molecule has 2 rings (SSSR count). The number of anilines is 1. The molecule has 0 amide bonds. The van der Waals surface area contributed by atoms with Gasteiger partial charge in [0.2, 0.25) is 0 Å². The smallest absolute Gasteiger partial charge is 0.152 e. The lowest BCUT2D eigenvalue weighted by Crippen LogP contribution is -2.08. The Hall–Kier alpha value is -1.38. The molecule has 3 heteroatoms. The van der Waals surface area contributed by atoms with E-state index in [0.29, 0.717) is 0 Å². The first-order valence-corrected chi connectivity index (χ1v) is 4.59. The first kappa shape index (κ1) is 9.71. The molecule has 3 nitrogen and oxygen atoms in total. The first-order valence-electron chi connectivity index (χ1n) is 4.59. The minimum Gasteiger partial charge on any atom is -0.363 e. The number of pyridine rings is 1. The number of hydrogen-bond acceptors (Lipinski definition) is 3. The Labute approximate surface area is 78.9 Å². The van der Waals surface area contributed by atoms with Gasteiger partial charge in [0.05, 0.1) is 6.54 Å². The Kier molecular flexibility index (Phi) is 3.43. The summed E-state index contributed by atoms with van der Waals surface area (Å²) in [6.07, 6.45) is 3.69. The molecule has 70 valence electrons. The Morgan fingerprint density at radius 2 is 2.15 bits per heavy atom. The van der Waals surface area contributed by atoms with Gasteiger partial charge in [0.25, 0.3) is 0 Å². The normalized spacial score (nSPS) is 12.2. The monoisotopic (exact) mass is 177 g/mol. The van der Waals surface area contributed by atoms with Gasteiger partial charge in [0.15, 0.2) is 5.82 Å². The topological polar surface area (TPSA) is 37.3 Å². The van der Waals surface area contributed by atoms with Crippen molar-refractivity contribution in [1.29, 1.82) is 0 Å². The second kappa shape index (κ2) is 4.60. The summed E-state index contributed by atoms with van der Waals surface area (Å²) in [5, 5.41) is 3.13. The molecule has 0 aliphatic carbocycles. The molecular formula is C10H15N3. The van der Waals surface area contributed by atoms with Gasteiger partial charge >= 0.3 is 0 Å². The van der Waals surface area contributed by atoms with Gasteiger partial charge in [-0.2, -0.15) is 0 Å². The van der Waals surface area contributed by atoms with Gasteiger partial charge in [0.1, 0.15) is 5.69 Å². The van der Waals surface area contributed by atoms with E-state index in [1.54, 1.807) is 0 Å². The summed E-state index contributed by atoms with van der Waals surface area (Å²) in [7, 11) is 0. The van der Waals surface area contributed by atoms with E-state index in [9.17, 15) is 0 Å². The van der Waals surface area contributed by atoms with Crippen LogP contribution in [0.1, 0.15) is 19.4 Å². The third-order valence-corrected chi connectivity index (χ3v) is 1.60. The second-order valence-electron chi connectivity index (χ2n) is 2.57. The zero-order valence-electron chi connectivity index (χ0n) is 8.33. The molecule has 0 fully saturated rings.